The monoisotopic (exact) mass is 435 g/mol. The summed E-state index contributed by atoms with van der Waals surface area (Å²) in [4.78, 5) is 43.6. The van der Waals surface area contributed by atoms with Crippen molar-refractivity contribution in [3.8, 4) is 0 Å². The number of halogens is 1. The SMILES string of the molecule is O=C(c1ccc(F)cc1)N1CCN(C(=O)C2CC(=O)N(c3ccc4c(c3)CCC4)C2)CC1. The summed E-state index contributed by atoms with van der Waals surface area (Å²) in [6.07, 6.45) is 3.53. The predicted molar refractivity (Wildman–Crippen MR) is 118 cm³/mol. The van der Waals surface area contributed by atoms with Crippen molar-refractivity contribution in [1.29, 1.82) is 0 Å². The van der Waals surface area contributed by atoms with Crippen LogP contribution in [0.5, 0.6) is 0 Å². The highest BCUT2D eigenvalue weighted by Gasteiger charge is 2.38. The lowest BCUT2D eigenvalue weighted by Gasteiger charge is -2.36. The number of rotatable bonds is 3. The van der Waals surface area contributed by atoms with Gasteiger partial charge in [0.1, 0.15) is 5.82 Å². The van der Waals surface area contributed by atoms with Gasteiger partial charge in [0.15, 0.2) is 0 Å². The van der Waals surface area contributed by atoms with E-state index < -0.39 is 0 Å². The van der Waals surface area contributed by atoms with Crippen molar-refractivity contribution < 1.29 is 18.8 Å². The zero-order chi connectivity index (χ0) is 22.2. The lowest BCUT2D eigenvalue weighted by molar-refractivity contribution is -0.137. The third-order valence-electron chi connectivity index (χ3n) is 6.84. The van der Waals surface area contributed by atoms with Gasteiger partial charge in [0.25, 0.3) is 5.91 Å². The molecule has 32 heavy (non-hydrogen) atoms. The summed E-state index contributed by atoms with van der Waals surface area (Å²) in [5, 5.41) is 0. The van der Waals surface area contributed by atoms with Gasteiger partial charge in [-0.05, 0) is 66.8 Å². The van der Waals surface area contributed by atoms with Crippen LogP contribution in [0.25, 0.3) is 0 Å². The highest BCUT2D eigenvalue weighted by Crippen LogP contribution is 2.31. The number of anilines is 1. The van der Waals surface area contributed by atoms with E-state index in [0.29, 0.717) is 38.3 Å². The average molecular weight is 435 g/mol. The molecule has 3 aliphatic rings. The highest BCUT2D eigenvalue weighted by molar-refractivity contribution is 6.00. The van der Waals surface area contributed by atoms with E-state index in [1.807, 2.05) is 6.07 Å². The maximum absolute atomic E-state index is 13.1. The van der Waals surface area contributed by atoms with Gasteiger partial charge in [0.05, 0.1) is 5.92 Å². The number of benzene rings is 2. The normalized spacial score (nSPS) is 20.6. The van der Waals surface area contributed by atoms with Crippen LogP contribution >= 0.6 is 0 Å². The Bertz CT molecular complexity index is 1060. The van der Waals surface area contributed by atoms with Gasteiger partial charge >= 0.3 is 0 Å². The quantitative estimate of drug-likeness (QED) is 0.745. The number of amides is 3. The Morgan fingerprint density at radius 1 is 0.875 bits per heavy atom. The third kappa shape index (κ3) is 3.87. The van der Waals surface area contributed by atoms with Crippen molar-refractivity contribution in [1.82, 2.24) is 9.80 Å². The second-order valence-corrected chi connectivity index (χ2v) is 8.84. The van der Waals surface area contributed by atoms with Gasteiger partial charge in [-0.3, -0.25) is 14.4 Å². The van der Waals surface area contributed by atoms with E-state index in [2.05, 4.69) is 12.1 Å². The fourth-order valence-corrected chi connectivity index (χ4v) is 5.01. The minimum absolute atomic E-state index is 0.00794. The molecule has 3 amide bonds. The van der Waals surface area contributed by atoms with Crippen molar-refractivity contribution in [3.05, 3.63) is 65.0 Å². The van der Waals surface area contributed by atoms with Crippen LogP contribution < -0.4 is 4.90 Å². The minimum atomic E-state index is -0.378. The summed E-state index contributed by atoms with van der Waals surface area (Å²) in [6.45, 7) is 2.14. The van der Waals surface area contributed by atoms with Crippen molar-refractivity contribution >= 4 is 23.4 Å². The van der Waals surface area contributed by atoms with Crippen LogP contribution in [0, 0.1) is 11.7 Å². The first-order valence-electron chi connectivity index (χ1n) is 11.3. The van der Waals surface area contributed by atoms with Crippen LogP contribution in [0.3, 0.4) is 0 Å². The van der Waals surface area contributed by atoms with E-state index in [1.54, 1.807) is 14.7 Å². The Hall–Kier alpha value is -3.22. The third-order valence-corrected chi connectivity index (χ3v) is 6.84. The van der Waals surface area contributed by atoms with E-state index >= 15 is 0 Å². The molecule has 0 radical (unpaired) electrons. The Morgan fingerprint density at radius 2 is 1.56 bits per heavy atom. The first kappa shape index (κ1) is 20.7. The zero-order valence-corrected chi connectivity index (χ0v) is 17.9. The van der Waals surface area contributed by atoms with Crippen LogP contribution in [-0.2, 0) is 22.4 Å². The summed E-state index contributed by atoms with van der Waals surface area (Å²) in [5.41, 5.74) is 4.01. The number of carbonyl (C=O) groups excluding carboxylic acids is 3. The molecule has 0 aromatic heterocycles. The van der Waals surface area contributed by atoms with E-state index in [9.17, 15) is 18.8 Å². The van der Waals surface area contributed by atoms with Crippen molar-refractivity contribution in [2.45, 2.75) is 25.7 Å². The number of carbonyl (C=O) groups is 3. The molecule has 0 N–H and O–H groups in total. The molecular weight excluding hydrogens is 409 g/mol. The molecule has 2 aromatic rings. The highest BCUT2D eigenvalue weighted by atomic mass is 19.1. The lowest BCUT2D eigenvalue weighted by atomic mass is 10.1. The second kappa shape index (κ2) is 8.37. The van der Waals surface area contributed by atoms with Crippen LogP contribution in [-0.4, -0.2) is 60.2 Å². The molecule has 1 atom stereocenters. The van der Waals surface area contributed by atoms with Gasteiger partial charge < -0.3 is 14.7 Å². The molecule has 6 nitrogen and oxygen atoms in total. The van der Waals surface area contributed by atoms with Crippen molar-refractivity contribution in [2.24, 2.45) is 5.92 Å². The second-order valence-electron chi connectivity index (χ2n) is 8.84. The van der Waals surface area contributed by atoms with Crippen LogP contribution in [0.4, 0.5) is 10.1 Å². The maximum Gasteiger partial charge on any atom is 0.253 e. The molecule has 5 rings (SSSR count). The number of nitrogens with zero attached hydrogens (tertiary/aromatic N) is 3. The molecule has 0 saturated carbocycles. The number of aryl methyl sites for hydroxylation is 2. The molecule has 1 aliphatic carbocycles. The molecule has 2 aliphatic heterocycles. The molecule has 2 heterocycles. The first-order valence-corrected chi connectivity index (χ1v) is 11.3. The number of piperazine rings is 1. The molecule has 7 heteroatoms. The molecule has 1 unspecified atom stereocenters. The van der Waals surface area contributed by atoms with Gasteiger partial charge in [0.2, 0.25) is 11.8 Å². The Labute approximate surface area is 186 Å². The van der Waals surface area contributed by atoms with Gasteiger partial charge in [0, 0.05) is 50.4 Å². The van der Waals surface area contributed by atoms with Crippen LogP contribution in [0.1, 0.15) is 34.3 Å². The van der Waals surface area contributed by atoms with Gasteiger partial charge in [-0.1, -0.05) is 6.07 Å². The topological polar surface area (TPSA) is 60.9 Å². The molecule has 166 valence electrons. The largest absolute Gasteiger partial charge is 0.339 e. The predicted octanol–water partition coefficient (Wildman–Crippen LogP) is 2.65. The van der Waals surface area contributed by atoms with E-state index in [-0.39, 0.29) is 35.9 Å². The van der Waals surface area contributed by atoms with Crippen LogP contribution in [0.15, 0.2) is 42.5 Å². The number of fused-ring (bicyclic) bond motifs is 1. The van der Waals surface area contributed by atoms with Crippen molar-refractivity contribution in [3.63, 3.8) is 0 Å². The fraction of sp³-hybridized carbons (Fsp3) is 0.400. The molecular formula is C25H26FN3O3. The number of hydrogen-bond donors (Lipinski definition) is 0. The van der Waals surface area contributed by atoms with Gasteiger partial charge in [-0.25, -0.2) is 4.39 Å². The lowest BCUT2D eigenvalue weighted by Crippen LogP contribution is -2.52. The summed E-state index contributed by atoms with van der Waals surface area (Å²) in [5.74, 6) is -0.912. The van der Waals surface area contributed by atoms with Crippen LogP contribution in [0.2, 0.25) is 0 Å². The summed E-state index contributed by atoms with van der Waals surface area (Å²) in [7, 11) is 0. The first-order chi connectivity index (χ1) is 15.5. The molecule has 0 spiro atoms. The Kier molecular flexibility index (Phi) is 5.41. The van der Waals surface area contributed by atoms with Gasteiger partial charge in [-0.15, -0.1) is 0 Å². The average Bonchev–Trinajstić information content (AvgIpc) is 3.44. The smallest absolute Gasteiger partial charge is 0.253 e. The summed E-state index contributed by atoms with van der Waals surface area (Å²) >= 11 is 0. The van der Waals surface area contributed by atoms with Crippen molar-refractivity contribution in [2.75, 3.05) is 37.6 Å². The maximum atomic E-state index is 13.1. The molecule has 2 aromatic carbocycles. The zero-order valence-electron chi connectivity index (χ0n) is 17.9. The number of hydrogen-bond acceptors (Lipinski definition) is 3. The Morgan fingerprint density at radius 3 is 2.31 bits per heavy atom. The molecule has 2 fully saturated rings. The van der Waals surface area contributed by atoms with E-state index in [4.69, 9.17) is 0 Å². The Balaban J connectivity index is 1.19. The molecule has 2 saturated heterocycles. The standard InChI is InChI=1S/C25H26FN3O3/c26-21-7-4-18(5-8-21)24(31)27-10-12-28(13-11-27)25(32)20-15-23(30)29(16-20)22-9-6-17-2-1-3-19(17)14-22/h4-9,14,20H,1-3,10-13,15-16H2. The fourth-order valence-electron chi connectivity index (χ4n) is 5.01. The minimum Gasteiger partial charge on any atom is -0.339 e. The van der Waals surface area contributed by atoms with Gasteiger partial charge in [-0.2, -0.15) is 0 Å². The molecule has 0 bridgehead atoms. The summed E-state index contributed by atoms with van der Waals surface area (Å²) < 4.78 is 13.1. The summed E-state index contributed by atoms with van der Waals surface area (Å²) in [6, 6.07) is 11.7. The van der Waals surface area contributed by atoms with E-state index in [1.165, 1.54) is 35.4 Å². The van der Waals surface area contributed by atoms with E-state index in [0.717, 1.165) is 24.9 Å².